The molecule has 1 atom stereocenters. The molecule has 0 N–H and O–H groups in total. The molecular weight excluding hydrogens is 296 g/mol. The Morgan fingerprint density at radius 3 is 2.55 bits per heavy atom. The number of nitrogens with zero attached hydrogens (tertiary/aromatic N) is 2. The predicted molar refractivity (Wildman–Crippen MR) is 86.9 cm³/mol. The van der Waals surface area contributed by atoms with Crippen LogP contribution in [-0.4, -0.2) is 30.0 Å². The molecule has 1 aromatic heterocycles. The maximum Gasteiger partial charge on any atom is 0.214 e. The molecule has 116 valence electrons. The highest BCUT2D eigenvalue weighted by Crippen LogP contribution is 2.34. The monoisotopic (exact) mass is 316 g/mol. The zero-order valence-electron chi connectivity index (χ0n) is 12.4. The van der Waals surface area contributed by atoms with Crippen molar-refractivity contribution >= 4 is 10.0 Å². The molecule has 1 aliphatic rings. The summed E-state index contributed by atoms with van der Waals surface area (Å²) >= 11 is 0. The van der Waals surface area contributed by atoms with Gasteiger partial charge in [-0.2, -0.15) is 4.31 Å². The Balaban J connectivity index is 1.73. The minimum atomic E-state index is -3.24. The lowest BCUT2D eigenvalue weighted by atomic mass is 10.1. The molecule has 4 nitrogen and oxygen atoms in total. The summed E-state index contributed by atoms with van der Waals surface area (Å²) in [5, 5.41) is 0. The van der Waals surface area contributed by atoms with E-state index < -0.39 is 10.0 Å². The average molecular weight is 316 g/mol. The second-order valence-electron chi connectivity index (χ2n) is 5.60. The number of pyridine rings is 1. The normalized spacial score (nSPS) is 19.4. The third kappa shape index (κ3) is 3.36. The van der Waals surface area contributed by atoms with Crippen LogP contribution in [0.25, 0.3) is 0 Å². The Hall–Kier alpha value is -1.72. The number of benzene rings is 1. The van der Waals surface area contributed by atoms with E-state index >= 15 is 0 Å². The fraction of sp³-hybridized carbons (Fsp3) is 0.353. The van der Waals surface area contributed by atoms with Gasteiger partial charge in [0.05, 0.1) is 5.75 Å². The second-order valence-corrected chi connectivity index (χ2v) is 7.64. The second kappa shape index (κ2) is 6.58. The summed E-state index contributed by atoms with van der Waals surface area (Å²) < 4.78 is 27.1. The Morgan fingerprint density at radius 2 is 1.82 bits per heavy atom. The highest BCUT2D eigenvalue weighted by molar-refractivity contribution is 7.89. The minimum Gasteiger partial charge on any atom is -0.265 e. The molecule has 1 unspecified atom stereocenters. The van der Waals surface area contributed by atoms with Crippen molar-refractivity contribution in [1.82, 2.24) is 9.29 Å². The summed E-state index contributed by atoms with van der Waals surface area (Å²) in [5.74, 6) is 0.165. The molecule has 0 saturated carbocycles. The number of hydrogen-bond acceptors (Lipinski definition) is 3. The largest absolute Gasteiger partial charge is 0.265 e. The third-order valence-electron chi connectivity index (χ3n) is 4.14. The summed E-state index contributed by atoms with van der Waals surface area (Å²) in [6.07, 6.45) is 5.81. The standard InChI is InChI=1S/C17H20N2O2S/c20-22(21,14-10-15-5-2-1-3-6-15)19-13-4-7-17(19)16-8-11-18-12-9-16/h1-3,5-6,8-9,11-12,17H,4,7,10,13-14H2. The first-order chi connectivity index (χ1) is 10.7. The molecule has 1 saturated heterocycles. The zero-order valence-corrected chi connectivity index (χ0v) is 13.2. The Morgan fingerprint density at radius 1 is 1.09 bits per heavy atom. The van der Waals surface area contributed by atoms with E-state index in [1.807, 2.05) is 42.5 Å². The SMILES string of the molecule is O=S(=O)(CCc1ccccc1)N1CCCC1c1ccncc1. The molecule has 2 aromatic rings. The third-order valence-corrected chi connectivity index (χ3v) is 6.02. The predicted octanol–water partition coefficient (Wildman–Crippen LogP) is 2.79. The lowest BCUT2D eigenvalue weighted by Crippen LogP contribution is -2.33. The van der Waals surface area contributed by atoms with Crippen molar-refractivity contribution in [1.29, 1.82) is 0 Å². The smallest absolute Gasteiger partial charge is 0.214 e. The van der Waals surface area contributed by atoms with Gasteiger partial charge in [-0.05, 0) is 42.5 Å². The van der Waals surface area contributed by atoms with E-state index in [1.54, 1.807) is 16.7 Å². The molecule has 0 amide bonds. The van der Waals surface area contributed by atoms with Crippen molar-refractivity contribution in [2.24, 2.45) is 0 Å². The number of sulfonamides is 1. The van der Waals surface area contributed by atoms with Crippen LogP contribution in [0.1, 0.15) is 30.0 Å². The van der Waals surface area contributed by atoms with Crippen LogP contribution in [0.4, 0.5) is 0 Å². The maximum absolute atomic E-state index is 12.7. The highest BCUT2D eigenvalue weighted by Gasteiger charge is 2.34. The van der Waals surface area contributed by atoms with Gasteiger partial charge in [0.2, 0.25) is 10.0 Å². The van der Waals surface area contributed by atoms with Crippen molar-refractivity contribution in [3.63, 3.8) is 0 Å². The van der Waals surface area contributed by atoms with Gasteiger partial charge in [-0.25, -0.2) is 8.42 Å². The molecular formula is C17H20N2O2S. The average Bonchev–Trinajstić information content (AvgIpc) is 3.06. The van der Waals surface area contributed by atoms with Crippen molar-refractivity contribution in [3.05, 3.63) is 66.0 Å². The molecule has 1 fully saturated rings. The Kier molecular flexibility index (Phi) is 4.55. The summed E-state index contributed by atoms with van der Waals surface area (Å²) in [6.45, 7) is 0.615. The van der Waals surface area contributed by atoms with Gasteiger partial charge in [0.15, 0.2) is 0 Å². The summed E-state index contributed by atoms with van der Waals surface area (Å²) in [4.78, 5) is 4.01. The molecule has 1 aromatic carbocycles. The number of hydrogen-bond donors (Lipinski definition) is 0. The molecule has 0 spiro atoms. The molecule has 2 heterocycles. The van der Waals surface area contributed by atoms with Crippen molar-refractivity contribution in [3.8, 4) is 0 Å². The van der Waals surface area contributed by atoms with Gasteiger partial charge in [-0.3, -0.25) is 4.98 Å². The van der Waals surface area contributed by atoms with Crippen molar-refractivity contribution in [2.75, 3.05) is 12.3 Å². The van der Waals surface area contributed by atoms with E-state index in [1.165, 1.54) is 0 Å². The Bertz CT molecular complexity index is 702. The topological polar surface area (TPSA) is 50.3 Å². The van der Waals surface area contributed by atoms with Gasteiger partial charge in [-0.15, -0.1) is 0 Å². The molecule has 22 heavy (non-hydrogen) atoms. The molecule has 5 heteroatoms. The molecule has 0 bridgehead atoms. The van der Waals surface area contributed by atoms with Gasteiger partial charge in [0.25, 0.3) is 0 Å². The van der Waals surface area contributed by atoms with Crippen LogP contribution < -0.4 is 0 Å². The quantitative estimate of drug-likeness (QED) is 0.852. The summed E-state index contributed by atoms with van der Waals surface area (Å²) in [6, 6.07) is 13.6. The van der Waals surface area contributed by atoms with Crippen LogP contribution in [-0.2, 0) is 16.4 Å². The lowest BCUT2D eigenvalue weighted by Gasteiger charge is -2.24. The highest BCUT2D eigenvalue weighted by atomic mass is 32.2. The fourth-order valence-corrected chi connectivity index (χ4v) is 4.75. The number of aryl methyl sites for hydroxylation is 1. The number of aromatic nitrogens is 1. The summed E-state index contributed by atoms with van der Waals surface area (Å²) in [7, 11) is -3.24. The van der Waals surface area contributed by atoms with E-state index in [9.17, 15) is 8.42 Å². The summed E-state index contributed by atoms with van der Waals surface area (Å²) in [5.41, 5.74) is 2.10. The first-order valence-corrected chi connectivity index (χ1v) is 9.21. The number of rotatable bonds is 5. The van der Waals surface area contributed by atoms with Gasteiger partial charge in [-0.1, -0.05) is 30.3 Å². The van der Waals surface area contributed by atoms with Crippen LogP contribution in [0, 0.1) is 0 Å². The van der Waals surface area contributed by atoms with E-state index in [4.69, 9.17) is 0 Å². The maximum atomic E-state index is 12.7. The molecule has 3 rings (SSSR count). The van der Waals surface area contributed by atoms with Gasteiger partial charge in [0, 0.05) is 25.0 Å². The molecule has 0 radical (unpaired) electrons. The van der Waals surface area contributed by atoms with E-state index in [0.717, 1.165) is 24.0 Å². The lowest BCUT2D eigenvalue weighted by molar-refractivity contribution is 0.396. The molecule has 1 aliphatic heterocycles. The van der Waals surface area contributed by atoms with Crippen LogP contribution in [0.2, 0.25) is 0 Å². The molecule has 0 aliphatic carbocycles. The van der Waals surface area contributed by atoms with Gasteiger partial charge >= 0.3 is 0 Å². The minimum absolute atomic E-state index is 0.0382. The van der Waals surface area contributed by atoms with E-state index in [-0.39, 0.29) is 11.8 Å². The Labute approximate surface area is 131 Å². The van der Waals surface area contributed by atoms with Crippen LogP contribution in [0.5, 0.6) is 0 Å². The van der Waals surface area contributed by atoms with Crippen molar-refractivity contribution in [2.45, 2.75) is 25.3 Å². The van der Waals surface area contributed by atoms with Crippen LogP contribution in [0.15, 0.2) is 54.9 Å². The van der Waals surface area contributed by atoms with E-state index in [2.05, 4.69) is 4.98 Å². The van der Waals surface area contributed by atoms with E-state index in [0.29, 0.717) is 13.0 Å². The van der Waals surface area contributed by atoms with Crippen LogP contribution >= 0.6 is 0 Å². The fourth-order valence-electron chi connectivity index (χ4n) is 3.00. The van der Waals surface area contributed by atoms with Gasteiger partial charge in [0.1, 0.15) is 0 Å². The first-order valence-electron chi connectivity index (χ1n) is 7.60. The van der Waals surface area contributed by atoms with Crippen LogP contribution in [0.3, 0.4) is 0 Å². The van der Waals surface area contributed by atoms with Crippen molar-refractivity contribution < 1.29 is 8.42 Å². The zero-order chi connectivity index (χ0) is 15.4. The van der Waals surface area contributed by atoms with Gasteiger partial charge < -0.3 is 0 Å². The first kappa shape index (κ1) is 15.2.